The van der Waals surface area contributed by atoms with Crippen LogP contribution in [-0.2, 0) is 24.1 Å². The molecule has 5 heterocycles. The highest BCUT2D eigenvalue weighted by molar-refractivity contribution is 8.15. The van der Waals surface area contributed by atoms with E-state index in [2.05, 4.69) is 16.9 Å². The van der Waals surface area contributed by atoms with Gasteiger partial charge in [-0.15, -0.1) is 0 Å². The second-order valence-electron chi connectivity index (χ2n) is 11.6. The summed E-state index contributed by atoms with van der Waals surface area (Å²) in [6.45, 7) is 5.57. The van der Waals surface area contributed by atoms with E-state index in [4.69, 9.17) is 23.9 Å². The summed E-state index contributed by atoms with van der Waals surface area (Å²) in [7, 11) is -3.41. The van der Waals surface area contributed by atoms with Crippen LogP contribution in [0.25, 0.3) is 10.9 Å². The molecule has 0 spiro atoms. The topological polar surface area (TPSA) is 129 Å². The molecule has 1 N–H and O–H groups in total. The number of carbonyl (C=O) groups is 1. The van der Waals surface area contributed by atoms with Crippen molar-refractivity contribution in [3.05, 3.63) is 42.2 Å². The Morgan fingerprint density at radius 3 is 2.64 bits per heavy atom. The Morgan fingerprint density at radius 1 is 1.14 bits per heavy atom. The first-order valence-corrected chi connectivity index (χ1v) is 17.0. The van der Waals surface area contributed by atoms with Gasteiger partial charge in [0.1, 0.15) is 34.2 Å². The minimum atomic E-state index is -3.41. The molecule has 2 aromatic heterocycles. The Balaban J connectivity index is 1.19. The van der Waals surface area contributed by atoms with Crippen molar-refractivity contribution in [2.75, 3.05) is 39.2 Å². The summed E-state index contributed by atoms with van der Waals surface area (Å²) < 4.78 is 46.9. The Kier molecular flexibility index (Phi) is 8.32. The van der Waals surface area contributed by atoms with E-state index in [1.807, 2.05) is 18.2 Å². The van der Waals surface area contributed by atoms with Crippen LogP contribution >= 0.6 is 11.8 Å². The number of pyridine rings is 1. The predicted molar refractivity (Wildman–Crippen MR) is 161 cm³/mol. The molecule has 3 aliphatic rings. The Labute approximate surface area is 249 Å². The fraction of sp³-hybridized carbons (Fsp3) is 0.500. The maximum absolute atomic E-state index is 12.7. The van der Waals surface area contributed by atoms with E-state index < -0.39 is 9.84 Å². The van der Waals surface area contributed by atoms with Crippen molar-refractivity contribution >= 4 is 43.3 Å². The number of hydrogen-bond donors (Lipinski definition) is 1. The van der Waals surface area contributed by atoms with Crippen molar-refractivity contribution in [3.63, 3.8) is 0 Å². The number of aromatic nitrogens is 2. The summed E-state index contributed by atoms with van der Waals surface area (Å²) >= 11 is 1.64. The molecule has 10 nitrogen and oxygen atoms in total. The van der Waals surface area contributed by atoms with Gasteiger partial charge in [-0.3, -0.25) is 9.79 Å². The first-order valence-electron chi connectivity index (χ1n) is 14.2. The molecule has 0 bridgehead atoms. The molecule has 224 valence electrons. The van der Waals surface area contributed by atoms with Crippen LogP contribution in [0.4, 0.5) is 0 Å². The van der Waals surface area contributed by atoms with E-state index in [0.717, 1.165) is 60.4 Å². The third kappa shape index (κ3) is 6.82. The van der Waals surface area contributed by atoms with Gasteiger partial charge in [0.2, 0.25) is 0 Å². The van der Waals surface area contributed by atoms with Crippen molar-refractivity contribution in [2.24, 2.45) is 10.4 Å². The lowest BCUT2D eigenvalue weighted by molar-refractivity contribution is -0.126. The zero-order chi connectivity index (χ0) is 29.3. The quantitative estimate of drug-likeness (QED) is 0.319. The van der Waals surface area contributed by atoms with E-state index in [1.54, 1.807) is 17.8 Å². The molecule has 0 saturated carbocycles. The molecule has 1 unspecified atom stereocenters. The number of sulfone groups is 1. The molecule has 3 aromatic rings. The Hall–Kier alpha value is -2.93. The van der Waals surface area contributed by atoms with Crippen LogP contribution < -0.4 is 9.47 Å². The van der Waals surface area contributed by atoms with E-state index in [0.29, 0.717) is 49.8 Å². The number of H-pyrrole nitrogens is 1. The second kappa shape index (κ2) is 12.0. The Bertz CT molecular complexity index is 1590. The molecular formula is C30H35N3O7S2. The summed E-state index contributed by atoms with van der Waals surface area (Å²) in [6, 6.07) is 8.78. The fourth-order valence-electron chi connectivity index (χ4n) is 5.27. The van der Waals surface area contributed by atoms with Gasteiger partial charge in [0.05, 0.1) is 50.4 Å². The SMILES string of the molecule is CC1(CCC(=O)CC2CN=C(c3cc4cc(Oc5ccc(S(C)(=O)=O)nc5)cc(OC5CCOCC5)c4[nH]3)S2)COC1. The molecule has 3 aliphatic heterocycles. The first kappa shape index (κ1) is 29.2. The van der Waals surface area contributed by atoms with Crippen molar-refractivity contribution < 1.29 is 32.2 Å². The Morgan fingerprint density at radius 2 is 1.95 bits per heavy atom. The fourth-order valence-corrected chi connectivity index (χ4v) is 6.95. The van der Waals surface area contributed by atoms with Gasteiger partial charge in [0.15, 0.2) is 14.9 Å². The number of aliphatic imine (C=N–C) groups is 1. The number of Topliss-reactive ketones (excluding diaryl/α,β-unsaturated/α-hetero) is 1. The maximum atomic E-state index is 12.7. The molecule has 0 aliphatic carbocycles. The standard InChI is InChI=1S/C30H35N3O7S2/c1-30(17-38-18-30)8-5-20(34)13-24-16-32-29(41-24)25-12-19-11-23(39-22-3-4-27(31-15-22)42(2,35)36)14-26(28(19)33-25)40-21-6-9-37-10-7-21/h3-4,11-12,14-15,21,24,33H,5-10,13,16-18H2,1-2H3. The molecule has 12 heteroatoms. The monoisotopic (exact) mass is 613 g/mol. The normalized spacial score (nSPS) is 20.7. The van der Waals surface area contributed by atoms with Crippen LogP contribution in [0, 0.1) is 5.41 Å². The van der Waals surface area contributed by atoms with Crippen molar-refractivity contribution in [2.45, 2.75) is 55.4 Å². The van der Waals surface area contributed by atoms with Crippen molar-refractivity contribution in [1.82, 2.24) is 9.97 Å². The van der Waals surface area contributed by atoms with Crippen molar-refractivity contribution in [3.8, 4) is 17.2 Å². The average molecular weight is 614 g/mol. The zero-order valence-corrected chi connectivity index (χ0v) is 25.4. The van der Waals surface area contributed by atoms with Gasteiger partial charge in [-0.05, 0) is 30.7 Å². The zero-order valence-electron chi connectivity index (χ0n) is 23.8. The number of fused-ring (bicyclic) bond motifs is 1. The molecule has 2 fully saturated rings. The van der Waals surface area contributed by atoms with Gasteiger partial charge >= 0.3 is 0 Å². The molecule has 42 heavy (non-hydrogen) atoms. The van der Waals surface area contributed by atoms with E-state index >= 15 is 0 Å². The highest BCUT2D eigenvalue weighted by atomic mass is 32.2. The number of nitrogens with zero attached hydrogens (tertiary/aromatic N) is 2. The molecule has 2 saturated heterocycles. The molecule has 6 rings (SSSR count). The molecular weight excluding hydrogens is 578 g/mol. The number of ether oxygens (including phenoxy) is 4. The van der Waals surface area contributed by atoms with Crippen LogP contribution in [0.5, 0.6) is 17.2 Å². The summed E-state index contributed by atoms with van der Waals surface area (Å²) in [4.78, 5) is 25.0. The van der Waals surface area contributed by atoms with Gasteiger partial charge in [0, 0.05) is 54.1 Å². The van der Waals surface area contributed by atoms with Gasteiger partial charge in [-0.2, -0.15) is 0 Å². The first-order chi connectivity index (χ1) is 20.1. The largest absolute Gasteiger partial charge is 0.488 e. The van der Waals surface area contributed by atoms with Crippen LogP contribution in [0.2, 0.25) is 0 Å². The molecule has 1 aromatic carbocycles. The lowest BCUT2D eigenvalue weighted by Crippen LogP contribution is -2.40. The van der Waals surface area contributed by atoms with Gasteiger partial charge in [-0.25, -0.2) is 13.4 Å². The number of ketones is 1. The van der Waals surface area contributed by atoms with Crippen LogP contribution in [0.1, 0.15) is 44.7 Å². The predicted octanol–water partition coefficient (Wildman–Crippen LogP) is 4.95. The van der Waals surface area contributed by atoms with E-state index in [1.165, 1.54) is 12.3 Å². The second-order valence-corrected chi connectivity index (χ2v) is 14.9. The average Bonchev–Trinajstić information content (AvgIpc) is 3.58. The van der Waals surface area contributed by atoms with E-state index in [9.17, 15) is 13.2 Å². The minimum Gasteiger partial charge on any atom is -0.488 e. The highest BCUT2D eigenvalue weighted by Gasteiger charge is 2.34. The third-order valence-electron chi connectivity index (χ3n) is 7.76. The van der Waals surface area contributed by atoms with E-state index in [-0.39, 0.29) is 27.6 Å². The van der Waals surface area contributed by atoms with Crippen LogP contribution in [0.3, 0.4) is 0 Å². The molecule has 0 radical (unpaired) electrons. The van der Waals surface area contributed by atoms with Gasteiger partial charge < -0.3 is 23.9 Å². The summed E-state index contributed by atoms with van der Waals surface area (Å²) in [6.07, 6.45) is 6.08. The number of hydrogen-bond acceptors (Lipinski definition) is 10. The number of thioether (sulfide) groups is 1. The highest BCUT2D eigenvalue weighted by Crippen LogP contribution is 2.38. The number of carbonyl (C=O) groups excluding carboxylic acids is 1. The lowest BCUT2D eigenvalue weighted by Gasteiger charge is -2.38. The third-order valence-corrected chi connectivity index (χ3v) is 9.99. The summed E-state index contributed by atoms with van der Waals surface area (Å²) in [5.41, 5.74) is 1.86. The summed E-state index contributed by atoms with van der Waals surface area (Å²) in [5, 5.41) is 1.89. The molecule has 0 amide bonds. The van der Waals surface area contributed by atoms with Gasteiger partial charge in [0.25, 0.3) is 0 Å². The number of aromatic amines is 1. The van der Waals surface area contributed by atoms with Gasteiger partial charge in [-0.1, -0.05) is 18.7 Å². The lowest BCUT2D eigenvalue weighted by atomic mass is 9.83. The number of benzene rings is 1. The maximum Gasteiger partial charge on any atom is 0.192 e. The smallest absolute Gasteiger partial charge is 0.192 e. The summed E-state index contributed by atoms with van der Waals surface area (Å²) in [5.74, 6) is 1.89. The van der Waals surface area contributed by atoms with Crippen LogP contribution in [-0.4, -0.2) is 79.8 Å². The number of nitrogens with one attached hydrogen (secondary N) is 1. The van der Waals surface area contributed by atoms with Crippen LogP contribution in [0.15, 0.2) is 46.5 Å². The molecule has 1 atom stereocenters. The number of rotatable bonds is 11. The minimum absolute atomic E-state index is 0.0128. The van der Waals surface area contributed by atoms with Crippen molar-refractivity contribution in [1.29, 1.82) is 0 Å².